The Balaban J connectivity index is 3.12. The summed E-state index contributed by atoms with van der Waals surface area (Å²) in [5.41, 5.74) is 6.10. The predicted octanol–water partition coefficient (Wildman–Crippen LogP) is 2.00. The number of aromatic nitrogens is 2. The molecule has 5 heteroatoms. The Bertz CT molecular complexity index is 360. The number of hydrogen-bond acceptors (Lipinski definition) is 3. The highest BCUT2D eigenvalue weighted by Crippen LogP contribution is 2.22. The SMILES string of the molecule is CC(CN)C(=O)c1c(Br)cnn1C(C)C. The van der Waals surface area contributed by atoms with E-state index in [0.29, 0.717) is 12.2 Å². The lowest BCUT2D eigenvalue weighted by Gasteiger charge is -2.13. The number of carbonyl (C=O) groups is 1. The molecule has 0 aliphatic rings. The highest BCUT2D eigenvalue weighted by molar-refractivity contribution is 9.10. The van der Waals surface area contributed by atoms with Crippen molar-refractivity contribution in [2.45, 2.75) is 26.8 Å². The molecule has 1 rings (SSSR count). The van der Waals surface area contributed by atoms with Gasteiger partial charge in [0.1, 0.15) is 5.69 Å². The lowest BCUT2D eigenvalue weighted by molar-refractivity contribution is 0.0920. The highest BCUT2D eigenvalue weighted by atomic mass is 79.9. The minimum absolute atomic E-state index is 0.0376. The Hall–Kier alpha value is -0.680. The van der Waals surface area contributed by atoms with Crippen LogP contribution in [0.4, 0.5) is 0 Å². The molecule has 0 bridgehead atoms. The van der Waals surface area contributed by atoms with E-state index in [1.165, 1.54) is 0 Å². The van der Waals surface area contributed by atoms with Gasteiger partial charge in [0.05, 0.1) is 10.7 Å². The third kappa shape index (κ3) is 2.46. The van der Waals surface area contributed by atoms with Crippen molar-refractivity contribution >= 4 is 21.7 Å². The highest BCUT2D eigenvalue weighted by Gasteiger charge is 2.22. The van der Waals surface area contributed by atoms with Crippen molar-refractivity contribution in [3.05, 3.63) is 16.4 Å². The standard InChI is InChI=1S/C10H16BrN3O/c1-6(2)14-9(8(11)5-13-14)10(15)7(3)4-12/h5-7H,4,12H2,1-3H3. The van der Waals surface area contributed by atoms with Crippen molar-refractivity contribution in [2.75, 3.05) is 6.54 Å². The van der Waals surface area contributed by atoms with Crippen LogP contribution in [-0.2, 0) is 0 Å². The fourth-order valence-corrected chi connectivity index (χ4v) is 1.77. The Morgan fingerprint density at radius 1 is 1.60 bits per heavy atom. The first-order valence-electron chi connectivity index (χ1n) is 4.96. The lowest BCUT2D eigenvalue weighted by atomic mass is 10.0. The summed E-state index contributed by atoms with van der Waals surface area (Å²) in [5.74, 6) is -0.133. The summed E-state index contributed by atoms with van der Waals surface area (Å²) < 4.78 is 2.46. The average Bonchev–Trinajstić information content (AvgIpc) is 2.58. The molecule has 0 saturated carbocycles. The van der Waals surface area contributed by atoms with Crippen molar-refractivity contribution in [1.82, 2.24) is 9.78 Å². The van der Waals surface area contributed by atoms with E-state index >= 15 is 0 Å². The van der Waals surface area contributed by atoms with Crippen LogP contribution >= 0.6 is 15.9 Å². The van der Waals surface area contributed by atoms with Gasteiger partial charge in [-0.05, 0) is 29.8 Å². The molecule has 1 heterocycles. The Morgan fingerprint density at radius 2 is 2.20 bits per heavy atom. The number of Topliss-reactive ketones (excluding diaryl/α,β-unsaturated/α-hetero) is 1. The van der Waals surface area contributed by atoms with Gasteiger partial charge in [-0.25, -0.2) is 0 Å². The second-order valence-corrected chi connectivity index (χ2v) is 4.73. The zero-order chi connectivity index (χ0) is 11.6. The number of ketones is 1. The summed E-state index contributed by atoms with van der Waals surface area (Å²) in [6, 6.07) is 0.167. The molecule has 1 unspecified atom stereocenters. The largest absolute Gasteiger partial charge is 0.330 e. The zero-order valence-corrected chi connectivity index (χ0v) is 10.8. The molecule has 0 fully saturated rings. The smallest absolute Gasteiger partial charge is 0.186 e. The molecule has 84 valence electrons. The molecular formula is C10H16BrN3O. The molecule has 0 aliphatic carbocycles. The van der Waals surface area contributed by atoms with Crippen molar-refractivity contribution in [3.8, 4) is 0 Å². The number of rotatable bonds is 4. The van der Waals surface area contributed by atoms with Gasteiger partial charge in [0.2, 0.25) is 0 Å². The normalized spacial score (nSPS) is 13.2. The van der Waals surface area contributed by atoms with Crippen LogP contribution in [0.5, 0.6) is 0 Å². The quantitative estimate of drug-likeness (QED) is 0.854. The van der Waals surface area contributed by atoms with Crippen molar-refractivity contribution in [2.24, 2.45) is 11.7 Å². The molecule has 0 saturated heterocycles. The van der Waals surface area contributed by atoms with Gasteiger partial charge >= 0.3 is 0 Å². The number of halogens is 1. The fourth-order valence-electron chi connectivity index (χ4n) is 1.30. The van der Waals surface area contributed by atoms with Crippen LogP contribution in [0.25, 0.3) is 0 Å². The first kappa shape index (κ1) is 12.4. The van der Waals surface area contributed by atoms with E-state index in [1.807, 2.05) is 20.8 Å². The second-order valence-electron chi connectivity index (χ2n) is 3.88. The third-order valence-electron chi connectivity index (χ3n) is 2.27. The number of hydrogen-bond donors (Lipinski definition) is 1. The first-order valence-corrected chi connectivity index (χ1v) is 5.75. The molecule has 1 aromatic heterocycles. The summed E-state index contributed by atoms with van der Waals surface area (Å²) in [6.07, 6.45) is 1.65. The van der Waals surface area contributed by atoms with Crippen LogP contribution in [0.2, 0.25) is 0 Å². The molecule has 0 aromatic carbocycles. The van der Waals surface area contributed by atoms with Crippen molar-refractivity contribution in [1.29, 1.82) is 0 Å². The van der Waals surface area contributed by atoms with Crippen LogP contribution in [0.3, 0.4) is 0 Å². The molecular weight excluding hydrogens is 258 g/mol. The molecule has 15 heavy (non-hydrogen) atoms. The minimum atomic E-state index is -0.171. The minimum Gasteiger partial charge on any atom is -0.330 e. The summed E-state index contributed by atoms with van der Waals surface area (Å²) >= 11 is 3.34. The van der Waals surface area contributed by atoms with E-state index in [0.717, 1.165) is 4.47 Å². The maximum absolute atomic E-state index is 12.0. The molecule has 0 radical (unpaired) electrons. The molecule has 1 aromatic rings. The predicted molar refractivity (Wildman–Crippen MR) is 62.9 cm³/mol. The van der Waals surface area contributed by atoms with Crippen molar-refractivity contribution in [3.63, 3.8) is 0 Å². The van der Waals surface area contributed by atoms with E-state index in [4.69, 9.17) is 5.73 Å². The van der Waals surface area contributed by atoms with Crippen LogP contribution in [0.15, 0.2) is 10.7 Å². The number of carbonyl (C=O) groups excluding carboxylic acids is 1. The van der Waals surface area contributed by atoms with Gasteiger partial charge in [-0.2, -0.15) is 5.10 Å². The lowest BCUT2D eigenvalue weighted by Crippen LogP contribution is -2.24. The van der Waals surface area contributed by atoms with E-state index in [2.05, 4.69) is 21.0 Å². The summed E-state index contributed by atoms with van der Waals surface area (Å²) in [6.45, 7) is 6.16. The van der Waals surface area contributed by atoms with Crippen LogP contribution < -0.4 is 5.73 Å². The van der Waals surface area contributed by atoms with Crippen LogP contribution in [0, 0.1) is 5.92 Å². The summed E-state index contributed by atoms with van der Waals surface area (Å²) in [4.78, 5) is 12.0. The Morgan fingerprint density at radius 3 is 2.67 bits per heavy atom. The third-order valence-corrected chi connectivity index (χ3v) is 2.85. The average molecular weight is 274 g/mol. The van der Waals surface area contributed by atoms with Crippen LogP contribution in [0.1, 0.15) is 37.3 Å². The molecule has 4 nitrogen and oxygen atoms in total. The van der Waals surface area contributed by atoms with Gasteiger partial charge in [0.15, 0.2) is 5.78 Å². The molecule has 0 spiro atoms. The zero-order valence-electron chi connectivity index (χ0n) is 9.20. The van der Waals surface area contributed by atoms with E-state index in [1.54, 1.807) is 10.9 Å². The first-order chi connectivity index (χ1) is 6.99. The molecule has 0 aliphatic heterocycles. The van der Waals surface area contributed by atoms with Crippen LogP contribution in [-0.4, -0.2) is 22.1 Å². The molecule has 0 amide bonds. The monoisotopic (exact) mass is 273 g/mol. The Kier molecular flexibility index (Phi) is 4.04. The maximum atomic E-state index is 12.0. The van der Waals surface area contributed by atoms with Gasteiger partial charge in [0.25, 0.3) is 0 Å². The number of nitrogens with zero attached hydrogens (tertiary/aromatic N) is 2. The summed E-state index contributed by atoms with van der Waals surface area (Å²) in [5, 5.41) is 4.16. The molecule has 2 N–H and O–H groups in total. The van der Waals surface area contributed by atoms with Gasteiger partial charge < -0.3 is 5.73 Å². The van der Waals surface area contributed by atoms with Gasteiger partial charge in [-0.3, -0.25) is 9.48 Å². The number of nitrogens with two attached hydrogens (primary N) is 1. The summed E-state index contributed by atoms with van der Waals surface area (Å²) in [7, 11) is 0. The maximum Gasteiger partial charge on any atom is 0.186 e. The second kappa shape index (κ2) is 4.90. The van der Waals surface area contributed by atoms with E-state index < -0.39 is 0 Å². The van der Waals surface area contributed by atoms with E-state index in [-0.39, 0.29) is 17.7 Å². The molecule has 1 atom stereocenters. The van der Waals surface area contributed by atoms with Gasteiger partial charge in [-0.1, -0.05) is 6.92 Å². The van der Waals surface area contributed by atoms with E-state index in [9.17, 15) is 4.79 Å². The fraction of sp³-hybridized carbons (Fsp3) is 0.600. The van der Waals surface area contributed by atoms with Crippen molar-refractivity contribution < 1.29 is 4.79 Å². The van der Waals surface area contributed by atoms with Gasteiger partial charge in [0, 0.05) is 18.5 Å². The van der Waals surface area contributed by atoms with Gasteiger partial charge in [-0.15, -0.1) is 0 Å². The Labute approximate surface area is 98.0 Å². The topological polar surface area (TPSA) is 60.9 Å².